The summed E-state index contributed by atoms with van der Waals surface area (Å²) in [5.41, 5.74) is 0.0974. The second-order valence-electron chi connectivity index (χ2n) is 5.02. The Labute approximate surface area is 120 Å². The zero-order chi connectivity index (χ0) is 15.0. The molecular formula is C15H13FN2O3. The Hall–Kier alpha value is -2.50. The summed E-state index contributed by atoms with van der Waals surface area (Å²) < 4.78 is 13.4. The van der Waals surface area contributed by atoms with E-state index in [2.05, 4.69) is 4.98 Å². The van der Waals surface area contributed by atoms with Crippen LogP contribution in [0.15, 0.2) is 30.5 Å². The zero-order valence-corrected chi connectivity index (χ0v) is 11.1. The molecule has 108 valence electrons. The van der Waals surface area contributed by atoms with Crippen molar-refractivity contribution in [3.63, 3.8) is 0 Å². The van der Waals surface area contributed by atoms with E-state index in [1.165, 1.54) is 23.2 Å². The van der Waals surface area contributed by atoms with Crippen molar-refractivity contribution in [2.24, 2.45) is 0 Å². The van der Waals surface area contributed by atoms with Gasteiger partial charge in [-0.25, -0.2) is 9.18 Å². The molecule has 1 aliphatic heterocycles. The van der Waals surface area contributed by atoms with Gasteiger partial charge in [0.2, 0.25) is 0 Å². The highest BCUT2D eigenvalue weighted by molar-refractivity contribution is 6.06. The summed E-state index contributed by atoms with van der Waals surface area (Å²) in [5, 5.41) is 10.3. The third-order valence-electron chi connectivity index (χ3n) is 3.73. The number of likely N-dealkylation sites (tertiary alicyclic amines) is 1. The van der Waals surface area contributed by atoms with Crippen LogP contribution in [0.1, 0.15) is 23.3 Å². The number of carbonyl (C=O) groups excluding carboxylic acids is 1. The highest BCUT2D eigenvalue weighted by atomic mass is 19.1. The van der Waals surface area contributed by atoms with Crippen LogP contribution >= 0.6 is 0 Å². The maximum Gasteiger partial charge on any atom is 0.326 e. The topological polar surface area (TPSA) is 70.5 Å². The molecule has 5 nitrogen and oxygen atoms in total. The number of halogens is 1. The smallest absolute Gasteiger partial charge is 0.326 e. The van der Waals surface area contributed by atoms with E-state index in [4.69, 9.17) is 5.11 Å². The monoisotopic (exact) mass is 288 g/mol. The van der Waals surface area contributed by atoms with E-state index in [0.717, 1.165) is 0 Å². The minimum atomic E-state index is -1.02. The number of aliphatic carboxylic acids is 1. The third-order valence-corrected chi connectivity index (χ3v) is 3.73. The molecule has 1 aliphatic rings. The van der Waals surface area contributed by atoms with Crippen LogP contribution in [0.25, 0.3) is 10.8 Å². The van der Waals surface area contributed by atoms with Gasteiger partial charge in [0.15, 0.2) is 0 Å². The molecule has 1 fully saturated rings. The number of carboxylic acids is 1. The third kappa shape index (κ3) is 2.33. The summed E-state index contributed by atoms with van der Waals surface area (Å²) in [6.45, 7) is 0.378. The van der Waals surface area contributed by atoms with E-state index in [0.29, 0.717) is 30.2 Å². The van der Waals surface area contributed by atoms with Crippen LogP contribution in [0.3, 0.4) is 0 Å². The highest BCUT2D eigenvalue weighted by Crippen LogP contribution is 2.24. The molecule has 1 aromatic carbocycles. The lowest BCUT2D eigenvalue weighted by molar-refractivity contribution is -0.141. The predicted molar refractivity (Wildman–Crippen MR) is 73.4 cm³/mol. The Balaban J connectivity index is 2.06. The first-order chi connectivity index (χ1) is 10.1. The van der Waals surface area contributed by atoms with Crippen LogP contribution in [0.2, 0.25) is 0 Å². The summed E-state index contributed by atoms with van der Waals surface area (Å²) in [5.74, 6) is -1.94. The van der Waals surface area contributed by atoms with Gasteiger partial charge >= 0.3 is 5.97 Å². The van der Waals surface area contributed by atoms with Crippen LogP contribution in [0, 0.1) is 5.82 Å². The number of carboxylic acid groups (broad SMARTS) is 1. The average molecular weight is 288 g/mol. The Morgan fingerprint density at radius 2 is 2.14 bits per heavy atom. The number of pyridine rings is 1. The Morgan fingerprint density at radius 3 is 2.90 bits per heavy atom. The molecule has 1 aromatic heterocycles. The number of carbonyl (C=O) groups is 2. The maximum absolute atomic E-state index is 13.4. The molecule has 21 heavy (non-hydrogen) atoms. The molecular weight excluding hydrogens is 275 g/mol. The van der Waals surface area contributed by atoms with Crippen LogP contribution in [-0.4, -0.2) is 39.5 Å². The molecule has 0 radical (unpaired) electrons. The van der Waals surface area contributed by atoms with Gasteiger partial charge in [0.25, 0.3) is 5.91 Å². The van der Waals surface area contributed by atoms with Gasteiger partial charge in [0.1, 0.15) is 17.6 Å². The molecule has 1 amide bonds. The molecule has 3 rings (SSSR count). The van der Waals surface area contributed by atoms with E-state index in [1.54, 1.807) is 12.1 Å². The Morgan fingerprint density at radius 1 is 1.33 bits per heavy atom. The van der Waals surface area contributed by atoms with Crippen molar-refractivity contribution in [1.29, 1.82) is 0 Å². The summed E-state index contributed by atoms with van der Waals surface area (Å²) in [6, 6.07) is 4.99. The molecule has 0 aliphatic carbocycles. The molecule has 2 heterocycles. The minimum Gasteiger partial charge on any atom is -0.480 e. The summed E-state index contributed by atoms with van der Waals surface area (Å²) in [4.78, 5) is 29.1. The second-order valence-corrected chi connectivity index (χ2v) is 5.02. The van der Waals surface area contributed by atoms with Crippen molar-refractivity contribution in [3.8, 4) is 0 Å². The summed E-state index contributed by atoms with van der Waals surface area (Å²) in [7, 11) is 0. The van der Waals surface area contributed by atoms with Gasteiger partial charge in [-0.3, -0.25) is 9.78 Å². The van der Waals surface area contributed by atoms with Crippen molar-refractivity contribution < 1.29 is 19.1 Å². The fourth-order valence-corrected chi connectivity index (χ4v) is 2.71. The number of nitrogens with zero attached hydrogens (tertiary/aromatic N) is 2. The first kappa shape index (κ1) is 13.5. The van der Waals surface area contributed by atoms with E-state index in [9.17, 15) is 14.0 Å². The summed E-state index contributed by atoms with van der Waals surface area (Å²) >= 11 is 0. The lowest BCUT2D eigenvalue weighted by atomic mass is 10.1. The molecule has 0 saturated carbocycles. The quantitative estimate of drug-likeness (QED) is 0.918. The van der Waals surface area contributed by atoms with Crippen molar-refractivity contribution in [2.45, 2.75) is 18.9 Å². The van der Waals surface area contributed by atoms with Crippen molar-refractivity contribution in [2.75, 3.05) is 6.54 Å². The second kappa shape index (κ2) is 5.12. The van der Waals surface area contributed by atoms with Gasteiger partial charge in [-0.1, -0.05) is 6.07 Å². The first-order valence-corrected chi connectivity index (χ1v) is 6.66. The number of hydrogen-bond donors (Lipinski definition) is 1. The number of hydrogen-bond acceptors (Lipinski definition) is 3. The largest absolute Gasteiger partial charge is 0.480 e. The molecule has 1 saturated heterocycles. The highest BCUT2D eigenvalue weighted by Gasteiger charge is 2.35. The molecule has 1 atom stereocenters. The SMILES string of the molecule is O=C(O)C1CCCN1C(=O)c1nccc2ccc(F)cc12. The van der Waals surface area contributed by atoms with Crippen molar-refractivity contribution >= 4 is 22.6 Å². The number of benzene rings is 1. The number of fused-ring (bicyclic) bond motifs is 1. The number of rotatable bonds is 2. The molecule has 0 bridgehead atoms. The standard InChI is InChI=1S/C15H13FN2O3/c16-10-4-3-9-5-6-17-13(11(9)8-10)14(19)18-7-1-2-12(18)15(20)21/h3-6,8,12H,1-2,7H2,(H,20,21). The molecule has 1 unspecified atom stereocenters. The first-order valence-electron chi connectivity index (χ1n) is 6.66. The predicted octanol–water partition coefficient (Wildman–Crippen LogP) is 2.06. The fraction of sp³-hybridized carbons (Fsp3) is 0.267. The van der Waals surface area contributed by atoms with Crippen molar-refractivity contribution in [3.05, 3.63) is 42.0 Å². The molecule has 1 N–H and O–H groups in total. The van der Waals surface area contributed by atoms with Crippen molar-refractivity contribution in [1.82, 2.24) is 9.88 Å². The number of aromatic nitrogens is 1. The summed E-state index contributed by atoms with van der Waals surface area (Å²) in [6.07, 6.45) is 2.54. The Kier molecular flexibility index (Phi) is 3.29. The zero-order valence-electron chi connectivity index (χ0n) is 11.1. The Bertz CT molecular complexity index is 732. The average Bonchev–Trinajstić information content (AvgIpc) is 2.95. The van der Waals surface area contributed by atoms with E-state index in [-0.39, 0.29) is 5.69 Å². The fourth-order valence-electron chi connectivity index (χ4n) is 2.71. The van der Waals surface area contributed by atoms with Gasteiger partial charge in [0, 0.05) is 18.1 Å². The van der Waals surface area contributed by atoms with Gasteiger partial charge in [-0.05, 0) is 36.4 Å². The normalized spacial score (nSPS) is 18.1. The number of amides is 1. The van der Waals surface area contributed by atoms with E-state index >= 15 is 0 Å². The van der Waals surface area contributed by atoms with Crippen LogP contribution < -0.4 is 0 Å². The lowest BCUT2D eigenvalue weighted by Gasteiger charge is -2.21. The van der Waals surface area contributed by atoms with Gasteiger partial charge < -0.3 is 10.0 Å². The maximum atomic E-state index is 13.4. The minimum absolute atomic E-state index is 0.0974. The molecule has 2 aromatic rings. The van der Waals surface area contributed by atoms with Gasteiger partial charge in [0.05, 0.1) is 0 Å². The van der Waals surface area contributed by atoms with E-state index in [1.807, 2.05) is 0 Å². The molecule has 0 spiro atoms. The van der Waals surface area contributed by atoms with Crippen LogP contribution in [0.5, 0.6) is 0 Å². The van der Waals surface area contributed by atoms with Gasteiger partial charge in [-0.2, -0.15) is 0 Å². The van der Waals surface area contributed by atoms with Crippen LogP contribution in [0.4, 0.5) is 4.39 Å². The van der Waals surface area contributed by atoms with Crippen LogP contribution in [-0.2, 0) is 4.79 Å². The van der Waals surface area contributed by atoms with Gasteiger partial charge in [-0.15, -0.1) is 0 Å². The lowest BCUT2D eigenvalue weighted by Crippen LogP contribution is -2.40. The van der Waals surface area contributed by atoms with E-state index < -0.39 is 23.7 Å². The molecule has 6 heteroatoms.